The first-order chi connectivity index (χ1) is 16.7. The summed E-state index contributed by atoms with van der Waals surface area (Å²) in [5.41, 5.74) is -0.161. The molecule has 0 N–H and O–H groups in total. The maximum absolute atomic E-state index is 13.6. The van der Waals surface area contributed by atoms with Crippen LogP contribution in [-0.2, 0) is 9.59 Å². The highest BCUT2D eigenvalue weighted by molar-refractivity contribution is 6.36. The molecule has 5 rings (SSSR count). The standard InChI is InChI=1S/C24H17Cl2N3O6/c25-15-5-8-17(18(26)10-15)22(31)27(11-19(30)12-3-6-16(7-4-12)29(34)35)28-23(32)20-13-1-2-14(9-13)21(20)24(28)33/h1-8,10,13-14,20-21H,9,11H2/t13-,14-,20-,21-/m0/s1. The Kier molecular flexibility index (Phi) is 5.69. The Morgan fingerprint density at radius 2 is 1.60 bits per heavy atom. The van der Waals surface area contributed by atoms with Crippen molar-refractivity contribution in [1.82, 2.24) is 10.0 Å². The zero-order valence-corrected chi connectivity index (χ0v) is 19.5. The first-order valence-corrected chi connectivity index (χ1v) is 11.5. The number of nitro groups is 1. The lowest BCUT2D eigenvalue weighted by atomic mass is 9.85. The molecule has 11 heteroatoms. The number of fused-ring (bicyclic) bond motifs is 5. The van der Waals surface area contributed by atoms with Crippen molar-refractivity contribution < 1.29 is 24.1 Å². The van der Waals surface area contributed by atoms with Gasteiger partial charge in [-0.3, -0.25) is 29.3 Å². The van der Waals surface area contributed by atoms with Gasteiger partial charge in [-0.2, -0.15) is 5.01 Å². The van der Waals surface area contributed by atoms with Gasteiger partial charge in [-0.1, -0.05) is 35.4 Å². The van der Waals surface area contributed by atoms with Crippen LogP contribution in [0, 0.1) is 33.8 Å². The van der Waals surface area contributed by atoms with E-state index in [1.807, 2.05) is 12.2 Å². The van der Waals surface area contributed by atoms with Crippen molar-refractivity contribution in [3.63, 3.8) is 0 Å². The highest BCUT2D eigenvalue weighted by atomic mass is 35.5. The van der Waals surface area contributed by atoms with E-state index in [1.54, 1.807) is 0 Å². The van der Waals surface area contributed by atoms with Crippen LogP contribution in [0.2, 0.25) is 10.0 Å². The molecular formula is C24H17Cl2N3O6. The van der Waals surface area contributed by atoms with E-state index in [0.29, 0.717) is 6.42 Å². The third-order valence-electron chi connectivity index (χ3n) is 6.78. The molecule has 2 aromatic carbocycles. The summed E-state index contributed by atoms with van der Waals surface area (Å²) < 4.78 is 0. The summed E-state index contributed by atoms with van der Waals surface area (Å²) in [6, 6.07) is 8.97. The molecule has 0 aromatic heterocycles. The van der Waals surface area contributed by atoms with Gasteiger partial charge >= 0.3 is 0 Å². The van der Waals surface area contributed by atoms with Gasteiger partial charge in [-0.15, -0.1) is 0 Å². The fourth-order valence-corrected chi connectivity index (χ4v) is 5.65. The second-order valence-corrected chi connectivity index (χ2v) is 9.55. The smallest absolute Gasteiger partial charge is 0.274 e. The number of non-ortho nitro benzene ring substituents is 1. The summed E-state index contributed by atoms with van der Waals surface area (Å²) in [4.78, 5) is 63.7. The number of amides is 3. The summed E-state index contributed by atoms with van der Waals surface area (Å²) >= 11 is 12.2. The van der Waals surface area contributed by atoms with Crippen molar-refractivity contribution in [3.8, 4) is 0 Å². The summed E-state index contributed by atoms with van der Waals surface area (Å²) in [7, 11) is 0. The molecule has 2 aromatic rings. The third kappa shape index (κ3) is 3.81. The maximum atomic E-state index is 13.6. The Morgan fingerprint density at radius 3 is 2.14 bits per heavy atom. The molecule has 0 spiro atoms. The number of nitro benzene ring substituents is 1. The van der Waals surface area contributed by atoms with Crippen molar-refractivity contribution in [3.05, 3.63) is 85.9 Å². The summed E-state index contributed by atoms with van der Waals surface area (Å²) in [6.45, 7) is -0.644. The van der Waals surface area contributed by atoms with Gasteiger partial charge in [0.25, 0.3) is 23.4 Å². The second-order valence-electron chi connectivity index (χ2n) is 8.70. The number of hydrogen-bond donors (Lipinski definition) is 0. The van der Waals surface area contributed by atoms with Gasteiger partial charge in [0.15, 0.2) is 5.78 Å². The van der Waals surface area contributed by atoms with Crippen molar-refractivity contribution in [2.24, 2.45) is 23.7 Å². The number of hydrazine groups is 1. The van der Waals surface area contributed by atoms with Gasteiger partial charge in [0.1, 0.15) is 6.54 Å². The third-order valence-corrected chi connectivity index (χ3v) is 7.33. The number of rotatable bonds is 6. The molecule has 4 atom stereocenters. The number of hydrogen-bond acceptors (Lipinski definition) is 6. The Morgan fingerprint density at radius 1 is 1.00 bits per heavy atom. The van der Waals surface area contributed by atoms with Gasteiger partial charge in [-0.25, -0.2) is 5.01 Å². The maximum Gasteiger partial charge on any atom is 0.274 e. The number of ketones is 1. The number of allylic oxidation sites excluding steroid dienone is 2. The number of carbonyl (C=O) groups is 4. The molecule has 3 amide bonds. The first-order valence-electron chi connectivity index (χ1n) is 10.8. The lowest BCUT2D eigenvalue weighted by Crippen LogP contribution is -2.52. The number of nitrogens with zero attached hydrogens (tertiary/aromatic N) is 3. The molecule has 1 heterocycles. The molecule has 2 bridgehead atoms. The van der Waals surface area contributed by atoms with E-state index in [0.717, 1.165) is 22.2 Å². The molecule has 3 aliphatic rings. The predicted octanol–water partition coefficient (Wildman–Crippen LogP) is 3.95. The molecule has 1 saturated heterocycles. The lowest BCUT2D eigenvalue weighted by molar-refractivity contribution is -0.384. The van der Waals surface area contributed by atoms with Crippen LogP contribution in [0.5, 0.6) is 0 Å². The summed E-state index contributed by atoms with van der Waals surface area (Å²) in [5, 5.41) is 12.8. The summed E-state index contributed by atoms with van der Waals surface area (Å²) in [5.74, 6) is -3.84. The molecule has 1 aliphatic heterocycles. The molecule has 0 unspecified atom stereocenters. The first kappa shape index (κ1) is 23.2. The van der Waals surface area contributed by atoms with Crippen molar-refractivity contribution in [2.45, 2.75) is 6.42 Å². The van der Waals surface area contributed by atoms with E-state index in [-0.39, 0.29) is 38.7 Å². The molecule has 9 nitrogen and oxygen atoms in total. The minimum Gasteiger partial charge on any atom is -0.292 e. The number of benzene rings is 2. The van der Waals surface area contributed by atoms with Crippen LogP contribution in [0.25, 0.3) is 0 Å². The molecular weight excluding hydrogens is 497 g/mol. The topological polar surface area (TPSA) is 118 Å². The van der Waals surface area contributed by atoms with Crippen molar-refractivity contribution in [2.75, 3.05) is 6.54 Å². The van der Waals surface area contributed by atoms with Gasteiger partial charge < -0.3 is 0 Å². The van der Waals surface area contributed by atoms with Crippen molar-refractivity contribution in [1.29, 1.82) is 0 Å². The van der Waals surface area contributed by atoms with E-state index < -0.39 is 46.8 Å². The fraction of sp³-hybridized carbons (Fsp3) is 0.250. The lowest BCUT2D eigenvalue weighted by Gasteiger charge is -2.31. The zero-order chi connectivity index (χ0) is 25.0. The van der Waals surface area contributed by atoms with Crippen molar-refractivity contribution >= 4 is 52.4 Å². The zero-order valence-electron chi connectivity index (χ0n) is 18.0. The molecule has 35 heavy (non-hydrogen) atoms. The monoisotopic (exact) mass is 513 g/mol. The number of carbonyl (C=O) groups excluding carboxylic acids is 4. The molecule has 2 aliphatic carbocycles. The Balaban J connectivity index is 1.50. The summed E-state index contributed by atoms with van der Waals surface area (Å²) in [6.07, 6.45) is 4.55. The van der Waals surface area contributed by atoms with Gasteiger partial charge in [-0.05, 0) is 48.6 Å². The molecule has 0 radical (unpaired) electrons. The van der Waals surface area contributed by atoms with E-state index in [1.165, 1.54) is 30.3 Å². The van der Waals surface area contributed by atoms with Crippen LogP contribution in [0.3, 0.4) is 0 Å². The average molecular weight is 514 g/mol. The highest BCUT2D eigenvalue weighted by Crippen LogP contribution is 2.52. The quantitative estimate of drug-likeness (QED) is 0.189. The fourth-order valence-electron chi connectivity index (χ4n) is 5.16. The largest absolute Gasteiger partial charge is 0.292 e. The van der Waals surface area contributed by atoms with Crippen LogP contribution in [0.1, 0.15) is 27.1 Å². The molecule has 2 fully saturated rings. The van der Waals surface area contributed by atoms with Crippen LogP contribution in [0.15, 0.2) is 54.6 Å². The number of imide groups is 1. The van der Waals surface area contributed by atoms with E-state index in [2.05, 4.69) is 0 Å². The van der Waals surface area contributed by atoms with Gasteiger partial charge in [0, 0.05) is 22.7 Å². The van der Waals surface area contributed by atoms with E-state index >= 15 is 0 Å². The number of halogens is 2. The average Bonchev–Trinajstić information content (AvgIpc) is 3.51. The minimum atomic E-state index is -0.816. The Labute approximate surface area is 209 Å². The second kappa shape index (κ2) is 8.58. The van der Waals surface area contributed by atoms with Gasteiger partial charge in [0.05, 0.1) is 27.3 Å². The van der Waals surface area contributed by atoms with E-state index in [9.17, 15) is 29.3 Å². The highest BCUT2D eigenvalue weighted by Gasteiger charge is 2.61. The van der Waals surface area contributed by atoms with Crippen LogP contribution in [0.4, 0.5) is 5.69 Å². The molecule has 178 valence electrons. The SMILES string of the molecule is O=C(CN(C(=O)c1ccc(Cl)cc1Cl)N1C(=O)[C@@H]2[C@@H](C1=O)[C@H]1C=C[C@H]2C1)c1ccc([N+](=O)[O-])cc1. The van der Waals surface area contributed by atoms with E-state index in [4.69, 9.17) is 23.2 Å². The normalized spacial score (nSPS) is 24.1. The minimum absolute atomic E-state index is 0.00342. The molecule has 1 saturated carbocycles. The predicted molar refractivity (Wildman–Crippen MR) is 124 cm³/mol. The Hall–Kier alpha value is -3.56. The number of Topliss-reactive ketones (excluding diaryl/α,β-unsaturated/α-hetero) is 1. The van der Waals surface area contributed by atoms with Gasteiger partial charge in [0.2, 0.25) is 0 Å². The van der Waals surface area contributed by atoms with Crippen LogP contribution in [-0.4, -0.2) is 45.0 Å². The van der Waals surface area contributed by atoms with Crippen LogP contribution >= 0.6 is 23.2 Å². The Bertz CT molecular complexity index is 1300. The van der Waals surface area contributed by atoms with Crippen LogP contribution < -0.4 is 0 Å².